The second-order valence-electron chi connectivity index (χ2n) is 7.61. The van der Waals surface area contributed by atoms with Crippen molar-refractivity contribution < 1.29 is 4.79 Å². The molecular weight excluding hydrogens is 370 g/mol. The van der Waals surface area contributed by atoms with Crippen LogP contribution < -0.4 is 5.32 Å². The topological polar surface area (TPSA) is 72.7 Å². The van der Waals surface area contributed by atoms with Crippen LogP contribution in [0.5, 0.6) is 0 Å². The van der Waals surface area contributed by atoms with Crippen LogP contribution >= 0.6 is 11.8 Å². The number of rotatable bonds is 6. The van der Waals surface area contributed by atoms with Crippen molar-refractivity contribution in [1.29, 1.82) is 0 Å². The van der Waals surface area contributed by atoms with Gasteiger partial charge in [-0.2, -0.15) is 0 Å². The van der Waals surface area contributed by atoms with Crippen molar-refractivity contribution in [2.75, 3.05) is 0 Å². The lowest BCUT2D eigenvalue weighted by Gasteiger charge is -2.23. The minimum absolute atomic E-state index is 0.0165. The summed E-state index contributed by atoms with van der Waals surface area (Å²) in [7, 11) is 0. The Morgan fingerprint density at radius 1 is 1.11 bits per heavy atom. The van der Waals surface area contributed by atoms with Gasteiger partial charge in [0.1, 0.15) is 0 Å². The molecule has 0 fully saturated rings. The van der Waals surface area contributed by atoms with E-state index in [1.165, 1.54) is 11.8 Å². The summed E-state index contributed by atoms with van der Waals surface area (Å²) in [4.78, 5) is 16.6. The van der Waals surface area contributed by atoms with E-state index in [1.54, 1.807) is 12.4 Å². The number of hydrogen-bond acceptors (Lipinski definition) is 5. The highest BCUT2D eigenvalue weighted by Gasteiger charge is 2.23. The van der Waals surface area contributed by atoms with E-state index in [9.17, 15) is 4.79 Å². The molecule has 1 atom stereocenters. The molecule has 2 aromatic heterocycles. The van der Waals surface area contributed by atoms with Crippen molar-refractivity contribution >= 4 is 17.7 Å². The maximum atomic E-state index is 12.5. The van der Waals surface area contributed by atoms with Crippen LogP contribution in [-0.2, 0) is 11.3 Å². The van der Waals surface area contributed by atoms with Crippen LogP contribution in [-0.4, -0.2) is 36.4 Å². The SMILES string of the molecule is C[C@@H](Sc1nnc(-c2ccncc2)n1Cc1ccccc1)C(=O)NC(C)(C)C. The highest BCUT2D eigenvalue weighted by molar-refractivity contribution is 8.00. The van der Waals surface area contributed by atoms with E-state index in [0.29, 0.717) is 11.7 Å². The Morgan fingerprint density at radius 2 is 1.79 bits per heavy atom. The van der Waals surface area contributed by atoms with Crippen LogP contribution in [0.25, 0.3) is 11.4 Å². The van der Waals surface area contributed by atoms with Crippen molar-refractivity contribution in [3.8, 4) is 11.4 Å². The zero-order valence-corrected chi connectivity index (χ0v) is 17.4. The standard InChI is InChI=1S/C21H25N5OS/c1-15(19(27)23-21(2,3)4)28-20-25-24-18(17-10-12-22-13-11-17)26(20)14-16-8-6-5-7-9-16/h5-13,15H,14H2,1-4H3,(H,23,27)/t15-/m1/s1. The van der Waals surface area contributed by atoms with E-state index in [0.717, 1.165) is 17.0 Å². The maximum absolute atomic E-state index is 12.5. The minimum Gasteiger partial charge on any atom is -0.351 e. The van der Waals surface area contributed by atoms with E-state index in [-0.39, 0.29) is 16.7 Å². The molecule has 0 saturated carbocycles. The summed E-state index contributed by atoms with van der Waals surface area (Å²) < 4.78 is 2.05. The lowest BCUT2D eigenvalue weighted by atomic mass is 10.1. The van der Waals surface area contributed by atoms with Crippen molar-refractivity contribution in [2.24, 2.45) is 0 Å². The van der Waals surface area contributed by atoms with Crippen LogP contribution in [0.15, 0.2) is 60.0 Å². The Balaban J connectivity index is 1.90. The number of amides is 1. The van der Waals surface area contributed by atoms with Gasteiger partial charge in [-0.1, -0.05) is 42.1 Å². The van der Waals surface area contributed by atoms with Gasteiger partial charge in [-0.15, -0.1) is 10.2 Å². The van der Waals surface area contributed by atoms with E-state index in [2.05, 4.69) is 37.2 Å². The van der Waals surface area contributed by atoms with Crippen LogP contribution in [0, 0.1) is 0 Å². The average molecular weight is 396 g/mol. The number of thioether (sulfide) groups is 1. The predicted octanol–water partition coefficient (Wildman–Crippen LogP) is 3.78. The number of benzene rings is 1. The Kier molecular flexibility index (Phi) is 6.14. The number of hydrogen-bond donors (Lipinski definition) is 1. The van der Waals surface area contributed by atoms with Gasteiger partial charge in [0.15, 0.2) is 11.0 Å². The molecule has 3 aromatic rings. The molecule has 1 aromatic carbocycles. The smallest absolute Gasteiger partial charge is 0.233 e. The third kappa shape index (κ3) is 5.19. The quantitative estimate of drug-likeness (QED) is 0.643. The lowest BCUT2D eigenvalue weighted by molar-refractivity contribution is -0.121. The van der Waals surface area contributed by atoms with Gasteiger partial charge < -0.3 is 5.32 Å². The summed E-state index contributed by atoms with van der Waals surface area (Å²) in [6.07, 6.45) is 3.48. The first-order valence-corrected chi connectivity index (χ1v) is 10.1. The predicted molar refractivity (Wildman–Crippen MR) is 112 cm³/mol. The molecule has 1 N–H and O–H groups in total. The molecule has 3 rings (SSSR count). The van der Waals surface area contributed by atoms with Crippen molar-refractivity contribution in [3.63, 3.8) is 0 Å². The second-order valence-corrected chi connectivity index (χ2v) is 8.92. The van der Waals surface area contributed by atoms with Gasteiger partial charge in [0, 0.05) is 23.5 Å². The molecular formula is C21H25N5OS. The van der Waals surface area contributed by atoms with Gasteiger partial charge in [-0.25, -0.2) is 0 Å². The molecule has 0 aliphatic heterocycles. The van der Waals surface area contributed by atoms with E-state index < -0.39 is 0 Å². The molecule has 0 aliphatic carbocycles. The average Bonchev–Trinajstić information content (AvgIpc) is 3.04. The van der Waals surface area contributed by atoms with Gasteiger partial charge >= 0.3 is 0 Å². The summed E-state index contributed by atoms with van der Waals surface area (Å²) in [6.45, 7) is 8.44. The maximum Gasteiger partial charge on any atom is 0.233 e. The zero-order valence-electron chi connectivity index (χ0n) is 16.6. The molecule has 1 amide bonds. The Bertz CT molecular complexity index is 919. The first-order chi connectivity index (χ1) is 13.3. The second kappa shape index (κ2) is 8.56. The summed E-state index contributed by atoms with van der Waals surface area (Å²) in [5.41, 5.74) is 1.81. The van der Waals surface area contributed by atoms with Gasteiger partial charge in [-0.3, -0.25) is 14.3 Å². The monoisotopic (exact) mass is 395 g/mol. The molecule has 0 unspecified atom stereocenters. The fraction of sp³-hybridized carbons (Fsp3) is 0.333. The number of carbonyl (C=O) groups excluding carboxylic acids is 1. The number of aromatic nitrogens is 4. The van der Waals surface area contributed by atoms with Gasteiger partial charge in [0.05, 0.1) is 11.8 Å². The number of carbonyl (C=O) groups is 1. The largest absolute Gasteiger partial charge is 0.351 e. The van der Waals surface area contributed by atoms with E-state index in [1.807, 2.05) is 58.0 Å². The Labute approximate surface area is 169 Å². The van der Waals surface area contributed by atoms with Crippen molar-refractivity contribution in [2.45, 2.75) is 50.2 Å². The fourth-order valence-corrected chi connectivity index (χ4v) is 3.53. The fourth-order valence-electron chi connectivity index (χ4n) is 2.68. The lowest BCUT2D eigenvalue weighted by Crippen LogP contribution is -2.44. The molecule has 0 radical (unpaired) electrons. The zero-order chi connectivity index (χ0) is 20.1. The molecule has 7 heteroatoms. The Hall–Kier alpha value is -2.67. The van der Waals surface area contributed by atoms with Crippen molar-refractivity contribution in [1.82, 2.24) is 25.1 Å². The van der Waals surface area contributed by atoms with Crippen LogP contribution in [0.1, 0.15) is 33.3 Å². The Morgan fingerprint density at radius 3 is 2.43 bits per heavy atom. The third-order valence-electron chi connectivity index (χ3n) is 3.99. The molecule has 0 spiro atoms. The normalized spacial score (nSPS) is 12.6. The summed E-state index contributed by atoms with van der Waals surface area (Å²) in [5.74, 6) is 0.745. The summed E-state index contributed by atoms with van der Waals surface area (Å²) in [5, 5.41) is 12.2. The van der Waals surface area contributed by atoms with Gasteiger partial charge in [0.25, 0.3) is 0 Å². The first-order valence-electron chi connectivity index (χ1n) is 9.20. The van der Waals surface area contributed by atoms with Crippen LogP contribution in [0.3, 0.4) is 0 Å². The minimum atomic E-state index is -0.289. The molecule has 0 aliphatic rings. The number of nitrogens with one attached hydrogen (secondary N) is 1. The van der Waals surface area contributed by atoms with Crippen LogP contribution in [0.2, 0.25) is 0 Å². The first kappa shape index (κ1) is 20.1. The molecule has 0 bridgehead atoms. The molecule has 0 saturated heterocycles. The third-order valence-corrected chi connectivity index (χ3v) is 5.07. The van der Waals surface area contributed by atoms with E-state index in [4.69, 9.17) is 0 Å². The molecule has 2 heterocycles. The van der Waals surface area contributed by atoms with Crippen molar-refractivity contribution in [3.05, 3.63) is 60.4 Å². The molecule has 146 valence electrons. The van der Waals surface area contributed by atoms with Gasteiger partial charge in [0.2, 0.25) is 5.91 Å². The number of pyridine rings is 1. The molecule has 6 nitrogen and oxygen atoms in total. The van der Waals surface area contributed by atoms with E-state index >= 15 is 0 Å². The van der Waals surface area contributed by atoms with Crippen LogP contribution in [0.4, 0.5) is 0 Å². The summed E-state index contributed by atoms with van der Waals surface area (Å²) in [6, 6.07) is 14.0. The van der Waals surface area contributed by atoms with Gasteiger partial charge in [-0.05, 0) is 45.4 Å². The number of nitrogens with zero attached hydrogens (tertiary/aromatic N) is 4. The summed E-state index contributed by atoms with van der Waals surface area (Å²) >= 11 is 1.42. The highest BCUT2D eigenvalue weighted by Crippen LogP contribution is 2.28. The molecule has 28 heavy (non-hydrogen) atoms. The highest BCUT2D eigenvalue weighted by atomic mass is 32.2.